The van der Waals surface area contributed by atoms with E-state index in [-0.39, 0.29) is 5.92 Å². The van der Waals surface area contributed by atoms with Gasteiger partial charge in [0, 0.05) is 5.92 Å². The molecular weight excluding hydrogens is 222 g/mol. The second-order valence-corrected chi connectivity index (χ2v) is 5.37. The summed E-state index contributed by atoms with van der Waals surface area (Å²) in [7, 11) is 3.10. The number of carbonyl (C=O) groups is 2. The molecule has 2 aliphatic heterocycles. The van der Waals surface area contributed by atoms with Crippen molar-refractivity contribution in [3.05, 3.63) is 0 Å². The molecule has 96 valence electrons. The predicted octanol–water partition coefficient (Wildman–Crippen LogP) is 0.575. The number of cyclic esters (lactones) is 1. The molecule has 5 heteroatoms. The molecule has 0 aromatic rings. The number of piperidine rings is 1. The molecule has 2 aliphatic rings. The van der Waals surface area contributed by atoms with Crippen LogP contribution in [0.5, 0.6) is 0 Å². The Kier molecular flexibility index (Phi) is 2.69. The third-order valence-electron chi connectivity index (χ3n) is 4.10. The largest absolute Gasteiger partial charge is 0.467 e. The second kappa shape index (κ2) is 3.70. The van der Waals surface area contributed by atoms with E-state index < -0.39 is 23.1 Å². The van der Waals surface area contributed by atoms with E-state index in [0.717, 1.165) is 12.8 Å². The van der Waals surface area contributed by atoms with Crippen LogP contribution in [0.3, 0.4) is 0 Å². The molecule has 0 N–H and O–H groups in total. The van der Waals surface area contributed by atoms with E-state index in [2.05, 4.69) is 0 Å². The average molecular weight is 241 g/mol. The Balaban J connectivity index is 2.53. The Bertz CT molecular complexity index is 366. The van der Waals surface area contributed by atoms with Crippen molar-refractivity contribution in [2.24, 2.45) is 5.92 Å². The standard InChI is InChI=1S/C12H19NO4/c1-11(2)8-6-5-7-13(3)12(8,9(14)16-4)10(15)17-11/h8H,5-7H2,1-4H3/t8-,12+/m0/s1. The van der Waals surface area contributed by atoms with Gasteiger partial charge < -0.3 is 9.47 Å². The average Bonchev–Trinajstić information content (AvgIpc) is 2.47. The molecule has 0 bridgehead atoms. The van der Waals surface area contributed by atoms with Gasteiger partial charge >= 0.3 is 11.9 Å². The van der Waals surface area contributed by atoms with Crippen LogP contribution < -0.4 is 0 Å². The summed E-state index contributed by atoms with van der Waals surface area (Å²) in [4.78, 5) is 26.1. The first-order valence-electron chi connectivity index (χ1n) is 5.90. The molecule has 2 rings (SSSR count). The lowest BCUT2D eigenvalue weighted by Crippen LogP contribution is -2.64. The lowest BCUT2D eigenvalue weighted by molar-refractivity contribution is -0.168. The third-order valence-corrected chi connectivity index (χ3v) is 4.10. The maximum absolute atomic E-state index is 12.2. The van der Waals surface area contributed by atoms with Crippen LogP contribution in [0.1, 0.15) is 26.7 Å². The number of likely N-dealkylation sites (N-methyl/N-ethyl adjacent to an activating group) is 1. The molecule has 2 fully saturated rings. The fraction of sp³-hybridized carbons (Fsp3) is 0.833. The van der Waals surface area contributed by atoms with E-state index in [9.17, 15) is 9.59 Å². The highest BCUT2D eigenvalue weighted by molar-refractivity contribution is 6.07. The van der Waals surface area contributed by atoms with Crippen LogP contribution in [0.4, 0.5) is 0 Å². The highest BCUT2D eigenvalue weighted by atomic mass is 16.6. The normalized spacial score (nSPS) is 36.2. The van der Waals surface area contributed by atoms with Crippen LogP contribution in [0, 0.1) is 5.92 Å². The molecule has 0 aliphatic carbocycles. The SMILES string of the molecule is COC(=O)[C@@]12C(=O)OC(C)(C)[C@@H]1CCCN2C. The monoisotopic (exact) mass is 241 g/mol. The van der Waals surface area contributed by atoms with E-state index in [1.165, 1.54) is 7.11 Å². The van der Waals surface area contributed by atoms with Gasteiger partial charge in [-0.15, -0.1) is 0 Å². The van der Waals surface area contributed by atoms with Crippen LogP contribution in [-0.4, -0.2) is 48.7 Å². The van der Waals surface area contributed by atoms with E-state index in [1.54, 1.807) is 11.9 Å². The van der Waals surface area contributed by atoms with Gasteiger partial charge in [0.2, 0.25) is 5.54 Å². The van der Waals surface area contributed by atoms with Crippen molar-refractivity contribution < 1.29 is 19.1 Å². The zero-order chi connectivity index (χ0) is 12.8. The molecule has 0 unspecified atom stereocenters. The van der Waals surface area contributed by atoms with Crippen LogP contribution in [0.2, 0.25) is 0 Å². The van der Waals surface area contributed by atoms with Gasteiger partial charge in [0.1, 0.15) is 5.60 Å². The van der Waals surface area contributed by atoms with Crippen molar-refractivity contribution in [3.8, 4) is 0 Å². The Morgan fingerprint density at radius 3 is 2.76 bits per heavy atom. The molecule has 2 atom stereocenters. The van der Waals surface area contributed by atoms with Gasteiger partial charge in [-0.1, -0.05) is 0 Å². The molecule has 0 radical (unpaired) electrons. The molecule has 17 heavy (non-hydrogen) atoms. The molecule has 0 spiro atoms. The molecule has 0 aromatic heterocycles. The van der Waals surface area contributed by atoms with Gasteiger partial charge in [-0.25, -0.2) is 9.59 Å². The highest BCUT2D eigenvalue weighted by Gasteiger charge is 2.69. The maximum atomic E-state index is 12.2. The molecule has 0 saturated carbocycles. The Hall–Kier alpha value is -1.10. The Morgan fingerprint density at radius 1 is 1.53 bits per heavy atom. The zero-order valence-electron chi connectivity index (χ0n) is 10.8. The van der Waals surface area contributed by atoms with Gasteiger partial charge in [-0.2, -0.15) is 0 Å². The minimum Gasteiger partial charge on any atom is -0.467 e. The highest BCUT2D eigenvalue weighted by Crippen LogP contribution is 2.48. The number of hydrogen-bond donors (Lipinski definition) is 0. The number of likely N-dealkylation sites (tertiary alicyclic amines) is 1. The fourth-order valence-corrected chi connectivity index (χ4v) is 3.26. The summed E-state index contributed by atoms with van der Waals surface area (Å²) in [5, 5.41) is 0. The zero-order valence-corrected chi connectivity index (χ0v) is 10.8. The topological polar surface area (TPSA) is 55.8 Å². The summed E-state index contributed by atoms with van der Waals surface area (Å²) in [6.07, 6.45) is 1.76. The molecular formula is C12H19NO4. The van der Waals surface area contributed by atoms with Crippen molar-refractivity contribution in [1.29, 1.82) is 0 Å². The Labute approximate surface area is 101 Å². The minimum atomic E-state index is -1.24. The predicted molar refractivity (Wildman–Crippen MR) is 60.3 cm³/mol. The van der Waals surface area contributed by atoms with Crippen molar-refractivity contribution in [1.82, 2.24) is 4.90 Å². The van der Waals surface area contributed by atoms with E-state index in [4.69, 9.17) is 9.47 Å². The third kappa shape index (κ3) is 1.41. The molecule has 0 aromatic carbocycles. The van der Waals surface area contributed by atoms with Gasteiger partial charge in [-0.05, 0) is 40.3 Å². The van der Waals surface area contributed by atoms with Crippen LogP contribution in [-0.2, 0) is 19.1 Å². The Morgan fingerprint density at radius 2 is 2.18 bits per heavy atom. The summed E-state index contributed by atoms with van der Waals surface area (Å²) in [6, 6.07) is 0. The van der Waals surface area contributed by atoms with Gasteiger partial charge in [0.05, 0.1) is 7.11 Å². The van der Waals surface area contributed by atoms with Crippen molar-refractivity contribution in [2.45, 2.75) is 37.8 Å². The summed E-state index contributed by atoms with van der Waals surface area (Å²) >= 11 is 0. The summed E-state index contributed by atoms with van der Waals surface area (Å²) < 4.78 is 10.3. The maximum Gasteiger partial charge on any atom is 0.339 e. The minimum absolute atomic E-state index is 0.145. The summed E-state index contributed by atoms with van der Waals surface area (Å²) in [5.74, 6) is -1.12. The van der Waals surface area contributed by atoms with Gasteiger partial charge in [0.25, 0.3) is 0 Å². The number of ether oxygens (including phenoxy) is 2. The first-order chi connectivity index (χ1) is 7.87. The van der Waals surface area contributed by atoms with Crippen LogP contribution >= 0.6 is 0 Å². The fourth-order valence-electron chi connectivity index (χ4n) is 3.26. The lowest BCUT2D eigenvalue weighted by Gasteiger charge is -2.43. The smallest absolute Gasteiger partial charge is 0.339 e. The molecule has 2 saturated heterocycles. The first-order valence-corrected chi connectivity index (χ1v) is 5.90. The number of esters is 2. The molecule has 5 nitrogen and oxygen atoms in total. The molecule has 0 amide bonds. The first kappa shape index (κ1) is 12.4. The number of carbonyl (C=O) groups excluding carboxylic acids is 2. The van der Waals surface area contributed by atoms with E-state index in [0.29, 0.717) is 6.54 Å². The summed E-state index contributed by atoms with van der Waals surface area (Å²) in [6.45, 7) is 4.43. The number of hydrogen-bond acceptors (Lipinski definition) is 5. The number of methoxy groups -OCH3 is 1. The second-order valence-electron chi connectivity index (χ2n) is 5.37. The van der Waals surface area contributed by atoms with Gasteiger partial charge in [0.15, 0.2) is 0 Å². The number of rotatable bonds is 1. The van der Waals surface area contributed by atoms with Gasteiger partial charge in [-0.3, -0.25) is 4.90 Å². The van der Waals surface area contributed by atoms with Crippen molar-refractivity contribution in [3.63, 3.8) is 0 Å². The quantitative estimate of drug-likeness (QED) is 0.496. The lowest BCUT2D eigenvalue weighted by atomic mass is 9.71. The number of fused-ring (bicyclic) bond motifs is 1. The molecule has 2 heterocycles. The van der Waals surface area contributed by atoms with E-state index >= 15 is 0 Å². The van der Waals surface area contributed by atoms with Crippen molar-refractivity contribution >= 4 is 11.9 Å². The van der Waals surface area contributed by atoms with Crippen molar-refractivity contribution in [2.75, 3.05) is 20.7 Å². The summed E-state index contributed by atoms with van der Waals surface area (Å²) in [5.41, 5.74) is -1.85. The van der Waals surface area contributed by atoms with Crippen LogP contribution in [0.15, 0.2) is 0 Å². The van der Waals surface area contributed by atoms with Crippen LogP contribution in [0.25, 0.3) is 0 Å². The van der Waals surface area contributed by atoms with E-state index in [1.807, 2.05) is 13.8 Å². The number of nitrogens with zero attached hydrogens (tertiary/aromatic N) is 1.